The van der Waals surface area contributed by atoms with E-state index in [0.717, 1.165) is 27.9 Å². The minimum atomic E-state index is 0.0150. The molecule has 0 amide bonds. The molecule has 1 fully saturated rings. The Labute approximate surface area is 183 Å². The second-order valence-corrected chi connectivity index (χ2v) is 9.71. The molecule has 4 aromatic rings. The van der Waals surface area contributed by atoms with Crippen molar-refractivity contribution in [2.45, 2.75) is 45.4 Å². The molecule has 31 heavy (non-hydrogen) atoms. The number of benzene rings is 2. The smallest absolute Gasteiger partial charge is 0.220 e. The second kappa shape index (κ2) is 7.19. The van der Waals surface area contributed by atoms with Crippen molar-refractivity contribution < 1.29 is 5.11 Å². The van der Waals surface area contributed by atoms with Gasteiger partial charge < -0.3 is 5.11 Å². The standard InChI is InChI=1S/C28H28N2O/c1-27(2,3)28(15-7-16-28)21-12-10-20(11-13-21)25-22(19-8-5-4-6-9-19)18-23-24(30-25)14-17-29-26(23)31/h4-6,8-14,17-18H,7,15-16H2,1-3H3,(H,29,31). The zero-order valence-corrected chi connectivity index (χ0v) is 18.4. The number of nitrogens with zero attached hydrogens (tertiary/aromatic N) is 2. The Bertz CT molecular complexity index is 1230. The first-order valence-corrected chi connectivity index (χ1v) is 11.0. The number of pyridine rings is 2. The predicted octanol–water partition coefficient (Wildman–Crippen LogP) is 7.14. The summed E-state index contributed by atoms with van der Waals surface area (Å²) >= 11 is 0. The van der Waals surface area contributed by atoms with Crippen molar-refractivity contribution in [3.63, 3.8) is 0 Å². The number of aromatic nitrogens is 2. The van der Waals surface area contributed by atoms with Gasteiger partial charge in [0.15, 0.2) is 0 Å². The molecule has 156 valence electrons. The molecule has 1 saturated carbocycles. The summed E-state index contributed by atoms with van der Waals surface area (Å²) in [4.78, 5) is 8.99. The van der Waals surface area contributed by atoms with Gasteiger partial charge in [-0.2, -0.15) is 0 Å². The summed E-state index contributed by atoms with van der Waals surface area (Å²) in [6.45, 7) is 7.08. The van der Waals surface area contributed by atoms with Crippen LogP contribution in [0.1, 0.15) is 45.6 Å². The Morgan fingerprint density at radius 1 is 0.871 bits per heavy atom. The Hall–Kier alpha value is -3.20. The van der Waals surface area contributed by atoms with Crippen molar-refractivity contribution in [2.24, 2.45) is 5.41 Å². The maximum Gasteiger partial charge on any atom is 0.220 e. The van der Waals surface area contributed by atoms with E-state index in [4.69, 9.17) is 4.98 Å². The van der Waals surface area contributed by atoms with E-state index in [0.29, 0.717) is 5.39 Å². The number of rotatable bonds is 3. The first-order chi connectivity index (χ1) is 14.9. The highest BCUT2D eigenvalue weighted by atomic mass is 16.3. The van der Waals surface area contributed by atoms with Crippen LogP contribution in [0, 0.1) is 5.41 Å². The number of aromatic hydroxyl groups is 1. The summed E-state index contributed by atoms with van der Waals surface area (Å²) in [5, 5.41) is 11.0. The van der Waals surface area contributed by atoms with Gasteiger partial charge in [-0.05, 0) is 41.5 Å². The molecule has 0 spiro atoms. The van der Waals surface area contributed by atoms with Crippen LogP contribution in [0.5, 0.6) is 5.88 Å². The molecule has 0 aliphatic heterocycles. The molecule has 0 bridgehead atoms. The number of hydrogen-bond acceptors (Lipinski definition) is 3. The summed E-state index contributed by atoms with van der Waals surface area (Å²) in [5.41, 5.74) is 6.77. The quantitative estimate of drug-likeness (QED) is 0.392. The lowest BCUT2D eigenvalue weighted by Gasteiger charge is -2.52. The van der Waals surface area contributed by atoms with E-state index in [2.05, 4.69) is 62.2 Å². The summed E-state index contributed by atoms with van der Waals surface area (Å²) in [5.74, 6) is 0.0150. The molecule has 0 radical (unpaired) electrons. The van der Waals surface area contributed by atoms with Crippen LogP contribution < -0.4 is 0 Å². The van der Waals surface area contributed by atoms with E-state index in [1.807, 2.05) is 30.3 Å². The molecule has 1 aliphatic carbocycles. The average Bonchev–Trinajstić information content (AvgIpc) is 2.72. The van der Waals surface area contributed by atoms with Gasteiger partial charge in [-0.25, -0.2) is 9.97 Å². The molecule has 0 atom stereocenters. The van der Waals surface area contributed by atoms with Crippen LogP contribution in [0.4, 0.5) is 0 Å². The van der Waals surface area contributed by atoms with Crippen molar-refractivity contribution >= 4 is 10.9 Å². The van der Waals surface area contributed by atoms with Crippen LogP contribution >= 0.6 is 0 Å². The normalized spacial score (nSPS) is 15.6. The summed E-state index contributed by atoms with van der Waals surface area (Å²) in [6, 6.07) is 23.1. The maximum absolute atomic E-state index is 10.3. The average molecular weight is 409 g/mol. The van der Waals surface area contributed by atoms with Crippen molar-refractivity contribution in [3.8, 4) is 28.3 Å². The molecule has 3 heteroatoms. The van der Waals surface area contributed by atoms with Crippen LogP contribution in [0.3, 0.4) is 0 Å². The highest BCUT2D eigenvalue weighted by Crippen LogP contribution is 2.55. The summed E-state index contributed by atoms with van der Waals surface area (Å²) < 4.78 is 0. The molecule has 1 N–H and O–H groups in total. The lowest BCUT2D eigenvalue weighted by molar-refractivity contribution is 0.0852. The summed E-state index contributed by atoms with van der Waals surface area (Å²) in [6.07, 6.45) is 5.42. The molecular weight excluding hydrogens is 380 g/mol. The van der Waals surface area contributed by atoms with Gasteiger partial charge in [0, 0.05) is 22.7 Å². The molecular formula is C28H28N2O. The zero-order valence-electron chi connectivity index (χ0n) is 18.4. The molecule has 0 unspecified atom stereocenters. The monoisotopic (exact) mass is 408 g/mol. The fourth-order valence-electron chi connectivity index (χ4n) is 5.09. The van der Waals surface area contributed by atoms with Crippen molar-refractivity contribution in [3.05, 3.63) is 78.5 Å². The van der Waals surface area contributed by atoms with Crippen molar-refractivity contribution in [1.82, 2.24) is 9.97 Å². The maximum atomic E-state index is 10.3. The zero-order chi connectivity index (χ0) is 21.6. The van der Waals surface area contributed by atoms with Gasteiger partial charge in [0.2, 0.25) is 5.88 Å². The van der Waals surface area contributed by atoms with Crippen LogP contribution in [-0.4, -0.2) is 15.1 Å². The van der Waals surface area contributed by atoms with Crippen LogP contribution in [-0.2, 0) is 5.41 Å². The minimum absolute atomic E-state index is 0.0150. The van der Waals surface area contributed by atoms with Crippen molar-refractivity contribution in [2.75, 3.05) is 0 Å². The molecule has 2 aromatic heterocycles. The van der Waals surface area contributed by atoms with Crippen molar-refractivity contribution in [1.29, 1.82) is 0 Å². The topological polar surface area (TPSA) is 46.0 Å². The Morgan fingerprint density at radius 3 is 2.19 bits per heavy atom. The third kappa shape index (κ3) is 3.20. The molecule has 0 saturated heterocycles. The SMILES string of the molecule is CC(C)(C)C1(c2ccc(-c3nc4ccnc(O)c4cc3-c3ccccc3)cc2)CCC1. The van der Waals surface area contributed by atoms with E-state index < -0.39 is 0 Å². The van der Waals surface area contributed by atoms with Crippen LogP contribution in [0.15, 0.2) is 72.9 Å². The molecule has 5 rings (SSSR count). The predicted molar refractivity (Wildman–Crippen MR) is 127 cm³/mol. The number of hydrogen-bond donors (Lipinski definition) is 1. The third-order valence-electron chi connectivity index (χ3n) is 7.16. The van der Waals surface area contributed by atoms with Gasteiger partial charge >= 0.3 is 0 Å². The van der Waals surface area contributed by atoms with Gasteiger partial charge in [-0.1, -0.05) is 81.8 Å². The van der Waals surface area contributed by atoms with E-state index in [9.17, 15) is 5.11 Å². The largest absolute Gasteiger partial charge is 0.493 e. The Morgan fingerprint density at radius 2 is 1.58 bits per heavy atom. The molecule has 3 nitrogen and oxygen atoms in total. The van der Waals surface area contributed by atoms with Gasteiger partial charge in [0.05, 0.1) is 16.6 Å². The highest BCUT2D eigenvalue weighted by Gasteiger charge is 2.47. The Balaban J connectivity index is 1.66. The van der Waals surface area contributed by atoms with Gasteiger partial charge in [0.1, 0.15) is 0 Å². The van der Waals surface area contributed by atoms with E-state index in [-0.39, 0.29) is 16.7 Å². The van der Waals surface area contributed by atoms with Crippen LogP contribution in [0.2, 0.25) is 0 Å². The van der Waals surface area contributed by atoms with Gasteiger partial charge in [0.25, 0.3) is 0 Å². The highest BCUT2D eigenvalue weighted by molar-refractivity contribution is 5.93. The van der Waals surface area contributed by atoms with Gasteiger partial charge in [-0.15, -0.1) is 0 Å². The number of fused-ring (bicyclic) bond motifs is 1. The fourth-order valence-corrected chi connectivity index (χ4v) is 5.09. The summed E-state index contributed by atoms with van der Waals surface area (Å²) in [7, 11) is 0. The van der Waals surface area contributed by atoms with Gasteiger partial charge in [-0.3, -0.25) is 0 Å². The van der Waals surface area contributed by atoms with E-state index in [1.165, 1.54) is 24.8 Å². The lowest BCUT2D eigenvalue weighted by atomic mass is 9.52. The van der Waals surface area contributed by atoms with Crippen LogP contribution in [0.25, 0.3) is 33.3 Å². The molecule has 1 aliphatic rings. The first kappa shape index (κ1) is 19.7. The fraction of sp³-hybridized carbons (Fsp3) is 0.286. The Kier molecular flexibility index (Phi) is 4.58. The van der Waals surface area contributed by atoms with E-state index >= 15 is 0 Å². The minimum Gasteiger partial charge on any atom is -0.493 e. The molecule has 2 aromatic carbocycles. The third-order valence-corrected chi connectivity index (χ3v) is 7.16. The second-order valence-electron chi connectivity index (χ2n) is 9.71. The first-order valence-electron chi connectivity index (χ1n) is 11.0. The molecule has 2 heterocycles. The lowest BCUT2D eigenvalue weighted by Crippen LogP contribution is -2.45. The van der Waals surface area contributed by atoms with E-state index in [1.54, 1.807) is 6.20 Å².